The molecule has 1 saturated heterocycles. The lowest BCUT2D eigenvalue weighted by Crippen LogP contribution is -2.33. The lowest BCUT2D eigenvalue weighted by Gasteiger charge is -2.28. The number of benzene rings is 1. The van der Waals surface area contributed by atoms with Crippen molar-refractivity contribution < 1.29 is 8.42 Å². The smallest absolute Gasteiger partial charge is 0.152 e. The molecule has 0 bridgehead atoms. The van der Waals surface area contributed by atoms with Crippen molar-refractivity contribution in [3.63, 3.8) is 0 Å². The molecule has 0 saturated carbocycles. The summed E-state index contributed by atoms with van der Waals surface area (Å²) in [7, 11) is 1.03. The van der Waals surface area contributed by atoms with Crippen molar-refractivity contribution in [3.05, 3.63) is 28.2 Å². The van der Waals surface area contributed by atoms with E-state index in [0.717, 1.165) is 16.7 Å². The number of nitrogens with one attached hydrogen (secondary N) is 1. The van der Waals surface area contributed by atoms with E-state index < -0.39 is 9.84 Å². The number of nitrogens with zero attached hydrogens (tertiary/aromatic N) is 1. The van der Waals surface area contributed by atoms with Gasteiger partial charge in [0.15, 0.2) is 9.84 Å². The first kappa shape index (κ1) is 14.8. The van der Waals surface area contributed by atoms with Crippen LogP contribution in [0.25, 0.3) is 0 Å². The Bertz CT molecular complexity index is 560. The maximum atomic E-state index is 11.6. The molecular formula is C13H19BrN2O2S. The van der Waals surface area contributed by atoms with Crippen LogP contribution in [0.5, 0.6) is 0 Å². The van der Waals surface area contributed by atoms with Crippen LogP contribution in [-0.4, -0.2) is 40.1 Å². The summed E-state index contributed by atoms with van der Waals surface area (Å²) in [5.41, 5.74) is 2.27. The number of halogens is 1. The Morgan fingerprint density at radius 3 is 2.79 bits per heavy atom. The predicted octanol–water partition coefficient (Wildman–Crippen LogP) is 1.79. The van der Waals surface area contributed by atoms with Crippen molar-refractivity contribution in [3.8, 4) is 0 Å². The van der Waals surface area contributed by atoms with Gasteiger partial charge in [-0.3, -0.25) is 0 Å². The largest absolute Gasteiger partial charge is 0.370 e. The number of hydrogen-bond acceptors (Lipinski definition) is 4. The van der Waals surface area contributed by atoms with E-state index in [2.05, 4.69) is 38.3 Å². The highest BCUT2D eigenvalue weighted by Gasteiger charge is 2.31. The van der Waals surface area contributed by atoms with Crippen LogP contribution in [0.3, 0.4) is 0 Å². The Morgan fingerprint density at radius 1 is 1.47 bits per heavy atom. The van der Waals surface area contributed by atoms with Crippen LogP contribution < -0.4 is 10.2 Å². The fourth-order valence-corrected chi connectivity index (χ4v) is 4.61. The third-order valence-corrected chi connectivity index (χ3v) is 5.79. The Morgan fingerprint density at radius 2 is 2.21 bits per heavy atom. The van der Waals surface area contributed by atoms with Gasteiger partial charge in [0.1, 0.15) is 0 Å². The van der Waals surface area contributed by atoms with Crippen LogP contribution in [0.1, 0.15) is 12.0 Å². The quantitative estimate of drug-likeness (QED) is 0.902. The van der Waals surface area contributed by atoms with Crippen LogP contribution in [0, 0.1) is 0 Å². The molecule has 1 aromatic carbocycles. The monoisotopic (exact) mass is 346 g/mol. The number of hydrogen-bond donors (Lipinski definition) is 1. The number of sulfone groups is 1. The lowest BCUT2D eigenvalue weighted by atomic mass is 10.1. The molecule has 1 fully saturated rings. The summed E-state index contributed by atoms with van der Waals surface area (Å²) < 4.78 is 24.2. The van der Waals surface area contributed by atoms with Crippen LogP contribution in [0.15, 0.2) is 22.7 Å². The van der Waals surface area contributed by atoms with Crippen LogP contribution in [0.4, 0.5) is 5.69 Å². The van der Waals surface area contributed by atoms with Crippen molar-refractivity contribution in [1.82, 2.24) is 5.32 Å². The third kappa shape index (κ3) is 3.49. The fourth-order valence-electron chi connectivity index (χ4n) is 2.48. The van der Waals surface area contributed by atoms with E-state index in [0.29, 0.717) is 12.2 Å². The summed E-state index contributed by atoms with van der Waals surface area (Å²) in [6.45, 7) is 0.770. The van der Waals surface area contributed by atoms with Crippen molar-refractivity contribution in [2.75, 3.05) is 30.5 Å². The molecule has 4 nitrogen and oxygen atoms in total. The Kier molecular flexibility index (Phi) is 4.53. The van der Waals surface area contributed by atoms with Gasteiger partial charge in [0.25, 0.3) is 0 Å². The van der Waals surface area contributed by atoms with Gasteiger partial charge >= 0.3 is 0 Å². The SMILES string of the molecule is CNCc1ccc(Br)cc1N(C)C1CCS(=O)(=O)C1. The van der Waals surface area contributed by atoms with Crippen LogP contribution in [0.2, 0.25) is 0 Å². The maximum absolute atomic E-state index is 11.6. The second-order valence-electron chi connectivity index (χ2n) is 4.97. The highest BCUT2D eigenvalue weighted by Crippen LogP contribution is 2.29. The molecule has 6 heteroatoms. The molecule has 0 spiro atoms. The standard InChI is InChI=1S/C13H19BrN2O2S/c1-15-8-10-3-4-11(14)7-13(10)16(2)12-5-6-19(17,18)9-12/h3-4,7,12,15H,5-6,8-9H2,1-2H3. The molecular weight excluding hydrogens is 328 g/mol. The molecule has 2 rings (SSSR count). The van der Waals surface area contributed by atoms with Crippen molar-refractivity contribution in [2.45, 2.75) is 19.0 Å². The average molecular weight is 347 g/mol. The zero-order valence-corrected chi connectivity index (χ0v) is 13.6. The maximum Gasteiger partial charge on any atom is 0.152 e. The van der Waals surface area contributed by atoms with Gasteiger partial charge in [0.05, 0.1) is 11.5 Å². The van der Waals surface area contributed by atoms with Crippen molar-refractivity contribution >= 4 is 31.5 Å². The van der Waals surface area contributed by atoms with E-state index in [1.54, 1.807) is 0 Å². The second-order valence-corrected chi connectivity index (χ2v) is 8.12. The summed E-state index contributed by atoms with van der Waals surface area (Å²) in [4.78, 5) is 2.10. The Labute approximate surface area is 123 Å². The normalized spacial score (nSPS) is 21.5. The highest BCUT2D eigenvalue weighted by molar-refractivity contribution is 9.10. The first-order chi connectivity index (χ1) is 8.93. The summed E-state index contributed by atoms with van der Waals surface area (Å²) in [5, 5.41) is 3.15. The molecule has 1 N–H and O–H groups in total. The minimum Gasteiger partial charge on any atom is -0.370 e. The van der Waals surface area contributed by atoms with E-state index in [1.165, 1.54) is 5.56 Å². The molecule has 106 valence electrons. The summed E-state index contributed by atoms with van der Waals surface area (Å²) in [6.07, 6.45) is 0.713. The molecule has 0 radical (unpaired) electrons. The van der Waals surface area contributed by atoms with E-state index >= 15 is 0 Å². The Balaban J connectivity index is 2.27. The van der Waals surface area contributed by atoms with Gasteiger partial charge in [-0.25, -0.2) is 8.42 Å². The number of rotatable bonds is 4. The first-order valence-electron chi connectivity index (χ1n) is 6.29. The number of anilines is 1. The van der Waals surface area contributed by atoms with Crippen molar-refractivity contribution in [2.24, 2.45) is 0 Å². The molecule has 1 atom stereocenters. The lowest BCUT2D eigenvalue weighted by molar-refractivity contribution is 0.600. The third-order valence-electron chi connectivity index (χ3n) is 3.55. The second kappa shape index (κ2) is 5.81. The molecule has 1 aliphatic heterocycles. The van der Waals surface area contributed by atoms with E-state index in [1.807, 2.05) is 20.2 Å². The molecule has 0 aliphatic carbocycles. The minimum atomic E-state index is -2.85. The zero-order valence-electron chi connectivity index (χ0n) is 11.2. The fraction of sp³-hybridized carbons (Fsp3) is 0.538. The van der Waals surface area contributed by atoms with E-state index in [4.69, 9.17) is 0 Å². The molecule has 0 aromatic heterocycles. The molecule has 1 unspecified atom stereocenters. The first-order valence-corrected chi connectivity index (χ1v) is 8.90. The van der Waals surface area contributed by atoms with Gasteiger partial charge in [0, 0.05) is 29.8 Å². The summed E-state index contributed by atoms with van der Waals surface area (Å²) in [6, 6.07) is 6.21. The summed E-state index contributed by atoms with van der Waals surface area (Å²) in [5.74, 6) is 0.562. The van der Waals surface area contributed by atoms with Crippen LogP contribution >= 0.6 is 15.9 Å². The van der Waals surface area contributed by atoms with Crippen molar-refractivity contribution in [1.29, 1.82) is 0 Å². The minimum absolute atomic E-state index is 0.0786. The Hall–Kier alpha value is -0.590. The van der Waals surface area contributed by atoms with Gasteiger partial charge in [-0.05, 0) is 31.2 Å². The van der Waals surface area contributed by atoms with Gasteiger partial charge in [-0.1, -0.05) is 22.0 Å². The van der Waals surface area contributed by atoms with Gasteiger partial charge < -0.3 is 10.2 Å². The van der Waals surface area contributed by atoms with Gasteiger partial charge in [-0.15, -0.1) is 0 Å². The molecule has 1 aliphatic rings. The molecule has 19 heavy (non-hydrogen) atoms. The topological polar surface area (TPSA) is 49.4 Å². The molecule has 1 aromatic rings. The van der Waals surface area contributed by atoms with Gasteiger partial charge in [0.2, 0.25) is 0 Å². The molecule has 0 amide bonds. The zero-order chi connectivity index (χ0) is 14.0. The van der Waals surface area contributed by atoms with Gasteiger partial charge in [-0.2, -0.15) is 0 Å². The van der Waals surface area contributed by atoms with Crippen LogP contribution in [-0.2, 0) is 16.4 Å². The molecule has 1 heterocycles. The summed E-state index contributed by atoms with van der Waals surface area (Å²) >= 11 is 3.48. The highest BCUT2D eigenvalue weighted by atomic mass is 79.9. The van der Waals surface area contributed by atoms with E-state index in [9.17, 15) is 8.42 Å². The average Bonchev–Trinajstić information content (AvgIpc) is 2.71. The van der Waals surface area contributed by atoms with E-state index in [-0.39, 0.29) is 11.8 Å². The predicted molar refractivity (Wildman–Crippen MR) is 82.4 cm³/mol.